The zero-order valence-electron chi connectivity index (χ0n) is 13.7. The molecule has 0 atom stereocenters. The standard InChI is InChI=1S/C16H22ClN3O2S/c1-4-12(5-2)19(8-10-22-3)14(21)7-6-13-15(17)18-16-20(13)9-11-23-16/h6-7,9,11-12H,4-5,8,10H2,1-3H3. The largest absolute Gasteiger partial charge is 0.383 e. The lowest BCUT2D eigenvalue weighted by molar-refractivity contribution is -0.129. The van der Waals surface area contributed by atoms with E-state index < -0.39 is 0 Å². The van der Waals surface area contributed by atoms with Crippen LogP contribution in [0.25, 0.3) is 11.0 Å². The highest BCUT2D eigenvalue weighted by Crippen LogP contribution is 2.22. The number of methoxy groups -OCH3 is 1. The summed E-state index contributed by atoms with van der Waals surface area (Å²) in [6.45, 7) is 5.29. The van der Waals surface area contributed by atoms with Gasteiger partial charge in [0.1, 0.15) is 0 Å². The van der Waals surface area contributed by atoms with E-state index in [-0.39, 0.29) is 11.9 Å². The molecule has 23 heavy (non-hydrogen) atoms. The van der Waals surface area contributed by atoms with Crippen molar-refractivity contribution in [3.8, 4) is 0 Å². The topological polar surface area (TPSA) is 46.8 Å². The monoisotopic (exact) mass is 355 g/mol. The van der Waals surface area contributed by atoms with Crippen LogP contribution in [0.5, 0.6) is 0 Å². The fraction of sp³-hybridized carbons (Fsp3) is 0.500. The molecule has 0 fully saturated rings. The summed E-state index contributed by atoms with van der Waals surface area (Å²) >= 11 is 7.66. The molecule has 0 saturated carbocycles. The van der Waals surface area contributed by atoms with Gasteiger partial charge in [0.2, 0.25) is 5.91 Å². The molecule has 0 aliphatic heterocycles. The average molecular weight is 356 g/mol. The number of aromatic nitrogens is 2. The van der Waals surface area contributed by atoms with Crippen molar-refractivity contribution in [2.45, 2.75) is 32.7 Å². The molecule has 7 heteroatoms. The Kier molecular flexibility index (Phi) is 6.62. The number of halogens is 1. The first-order valence-corrected chi connectivity index (χ1v) is 8.96. The molecule has 5 nitrogen and oxygen atoms in total. The van der Waals surface area contributed by atoms with Gasteiger partial charge in [-0.1, -0.05) is 25.4 Å². The Morgan fingerprint density at radius 2 is 2.26 bits per heavy atom. The Balaban J connectivity index is 2.19. The minimum atomic E-state index is -0.0306. The number of hydrogen-bond acceptors (Lipinski definition) is 4. The molecule has 0 spiro atoms. The average Bonchev–Trinajstić information content (AvgIpc) is 3.10. The maximum atomic E-state index is 12.6. The van der Waals surface area contributed by atoms with Crippen molar-refractivity contribution in [1.29, 1.82) is 0 Å². The van der Waals surface area contributed by atoms with Gasteiger partial charge in [0.25, 0.3) is 0 Å². The fourth-order valence-electron chi connectivity index (χ4n) is 2.56. The summed E-state index contributed by atoms with van der Waals surface area (Å²) in [5, 5.41) is 2.35. The van der Waals surface area contributed by atoms with Gasteiger partial charge in [-0.05, 0) is 18.9 Å². The van der Waals surface area contributed by atoms with Crippen LogP contribution in [0.2, 0.25) is 5.15 Å². The van der Waals surface area contributed by atoms with E-state index in [9.17, 15) is 4.79 Å². The third-order valence-electron chi connectivity index (χ3n) is 3.84. The van der Waals surface area contributed by atoms with E-state index in [0.717, 1.165) is 23.5 Å². The number of hydrogen-bond donors (Lipinski definition) is 0. The van der Waals surface area contributed by atoms with Crippen molar-refractivity contribution in [3.63, 3.8) is 0 Å². The van der Waals surface area contributed by atoms with E-state index >= 15 is 0 Å². The molecule has 2 aromatic heterocycles. The van der Waals surface area contributed by atoms with Crippen LogP contribution >= 0.6 is 22.9 Å². The lowest BCUT2D eigenvalue weighted by Crippen LogP contribution is -2.40. The summed E-state index contributed by atoms with van der Waals surface area (Å²) < 4.78 is 7.01. The van der Waals surface area contributed by atoms with Gasteiger partial charge in [0, 0.05) is 37.3 Å². The second-order valence-electron chi connectivity index (χ2n) is 5.17. The summed E-state index contributed by atoms with van der Waals surface area (Å²) in [6.07, 6.45) is 7.04. The Labute approximate surface area is 145 Å². The summed E-state index contributed by atoms with van der Waals surface area (Å²) in [7, 11) is 1.64. The molecule has 2 rings (SSSR count). The van der Waals surface area contributed by atoms with Crippen LogP contribution in [-0.4, -0.2) is 46.5 Å². The third kappa shape index (κ3) is 4.13. The third-order valence-corrected chi connectivity index (χ3v) is 4.88. The lowest BCUT2D eigenvalue weighted by atomic mass is 10.1. The number of carbonyl (C=O) groups excluding carboxylic acids is 1. The van der Waals surface area contributed by atoms with E-state index in [1.807, 2.05) is 20.9 Å². The molecule has 0 bridgehead atoms. The first kappa shape index (κ1) is 18.0. The Bertz CT molecular complexity index is 676. The van der Waals surface area contributed by atoms with E-state index in [2.05, 4.69) is 18.8 Å². The number of thiazole rings is 1. The summed E-state index contributed by atoms with van der Waals surface area (Å²) in [5.74, 6) is -0.0306. The van der Waals surface area contributed by atoms with Crippen molar-refractivity contribution in [2.24, 2.45) is 0 Å². The maximum absolute atomic E-state index is 12.6. The summed E-state index contributed by atoms with van der Waals surface area (Å²) in [6, 6.07) is 0.212. The number of nitrogens with zero attached hydrogens (tertiary/aromatic N) is 3. The molecular formula is C16H22ClN3O2S. The maximum Gasteiger partial charge on any atom is 0.246 e. The van der Waals surface area contributed by atoms with Crippen molar-refractivity contribution in [1.82, 2.24) is 14.3 Å². The fourth-order valence-corrected chi connectivity index (χ4v) is 3.57. The zero-order chi connectivity index (χ0) is 16.8. The Hall–Kier alpha value is -1.37. The summed E-state index contributed by atoms with van der Waals surface area (Å²) in [4.78, 5) is 19.5. The van der Waals surface area contributed by atoms with Gasteiger partial charge >= 0.3 is 0 Å². The minimum Gasteiger partial charge on any atom is -0.383 e. The highest BCUT2D eigenvalue weighted by atomic mass is 35.5. The second-order valence-corrected chi connectivity index (χ2v) is 6.40. The van der Waals surface area contributed by atoms with Crippen LogP contribution in [-0.2, 0) is 9.53 Å². The number of fused-ring (bicyclic) bond motifs is 1. The van der Waals surface area contributed by atoms with Crippen LogP contribution in [0.3, 0.4) is 0 Å². The van der Waals surface area contributed by atoms with E-state index in [1.165, 1.54) is 11.3 Å². The first-order chi connectivity index (χ1) is 11.1. The summed E-state index contributed by atoms with van der Waals surface area (Å²) in [5.41, 5.74) is 0.729. The highest BCUT2D eigenvalue weighted by Gasteiger charge is 2.19. The highest BCUT2D eigenvalue weighted by molar-refractivity contribution is 7.15. The molecule has 0 radical (unpaired) electrons. The number of amides is 1. The smallest absolute Gasteiger partial charge is 0.246 e. The van der Waals surface area contributed by atoms with Gasteiger partial charge < -0.3 is 9.64 Å². The zero-order valence-corrected chi connectivity index (χ0v) is 15.2. The van der Waals surface area contributed by atoms with Crippen LogP contribution in [0.15, 0.2) is 17.7 Å². The SMILES string of the molecule is CCC(CC)N(CCOC)C(=O)C=Cc1c(Cl)nc2sccn12. The molecule has 0 unspecified atom stereocenters. The number of ether oxygens (including phenoxy) is 1. The predicted octanol–water partition coefficient (Wildman–Crippen LogP) is 3.73. The van der Waals surface area contributed by atoms with Crippen LogP contribution in [0.1, 0.15) is 32.4 Å². The van der Waals surface area contributed by atoms with E-state index in [0.29, 0.717) is 18.3 Å². The number of carbonyl (C=O) groups is 1. The molecule has 0 aliphatic carbocycles. The van der Waals surface area contributed by atoms with E-state index in [4.69, 9.17) is 16.3 Å². The van der Waals surface area contributed by atoms with Crippen molar-refractivity contribution in [3.05, 3.63) is 28.5 Å². The van der Waals surface area contributed by atoms with Gasteiger partial charge in [0.15, 0.2) is 10.1 Å². The number of rotatable bonds is 8. The molecule has 2 aromatic rings. The number of imidazole rings is 1. The van der Waals surface area contributed by atoms with Crippen LogP contribution in [0, 0.1) is 0 Å². The normalized spacial score (nSPS) is 11.9. The van der Waals surface area contributed by atoms with Gasteiger partial charge in [-0.3, -0.25) is 9.20 Å². The minimum absolute atomic E-state index is 0.0306. The Morgan fingerprint density at radius 1 is 1.52 bits per heavy atom. The molecule has 0 aromatic carbocycles. The lowest BCUT2D eigenvalue weighted by Gasteiger charge is -2.29. The molecule has 126 valence electrons. The predicted molar refractivity (Wildman–Crippen MR) is 95.1 cm³/mol. The van der Waals surface area contributed by atoms with Crippen LogP contribution < -0.4 is 0 Å². The Morgan fingerprint density at radius 3 is 2.91 bits per heavy atom. The molecule has 1 amide bonds. The molecule has 2 heterocycles. The first-order valence-electron chi connectivity index (χ1n) is 7.71. The molecule has 0 saturated heterocycles. The molecule has 0 aliphatic rings. The van der Waals surface area contributed by atoms with Gasteiger partial charge in [-0.15, -0.1) is 11.3 Å². The molecular weight excluding hydrogens is 334 g/mol. The van der Waals surface area contributed by atoms with Crippen molar-refractivity contribution >= 4 is 39.9 Å². The van der Waals surface area contributed by atoms with Gasteiger partial charge in [0.05, 0.1) is 12.3 Å². The van der Waals surface area contributed by atoms with Gasteiger partial charge in [-0.2, -0.15) is 0 Å². The van der Waals surface area contributed by atoms with Crippen molar-refractivity contribution < 1.29 is 9.53 Å². The van der Waals surface area contributed by atoms with Crippen molar-refractivity contribution in [2.75, 3.05) is 20.3 Å². The quantitative estimate of drug-likeness (QED) is 0.678. The van der Waals surface area contributed by atoms with E-state index in [1.54, 1.807) is 19.3 Å². The van der Waals surface area contributed by atoms with Crippen LogP contribution in [0.4, 0.5) is 0 Å². The second kappa shape index (κ2) is 8.47. The molecule has 0 N–H and O–H groups in total. The van der Waals surface area contributed by atoms with Gasteiger partial charge in [-0.25, -0.2) is 4.98 Å².